The van der Waals surface area contributed by atoms with Gasteiger partial charge in [0.2, 0.25) is 0 Å². The third-order valence-electron chi connectivity index (χ3n) is 2.24. The molecule has 0 aromatic carbocycles. The first kappa shape index (κ1) is 25.8. The van der Waals surface area contributed by atoms with Gasteiger partial charge in [0.05, 0.1) is 18.4 Å². The van der Waals surface area contributed by atoms with Gasteiger partial charge in [0, 0.05) is 6.61 Å². The van der Waals surface area contributed by atoms with Gasteiger partial charge < -0.3 is 24.7 Å². The van der Waals surface area contributed by atoms with Gasteiger partial charge in [0.1, 0.15) is 0 Å². The van der Waals surface area contributed by atoms with Crippen molar-refractivity contribution >= 4 is 7.82 Å². The summed E-state index contributed by atoms with van der Waals surface area (Å²) in [5.41, 5.74) is -2.37. The van der Waals surface area contributed by atoms with Crippen LogP contribution in [0.4, 0.5) is 26.3 Å². The van der Waals surface area contributed by atoms with Crippen LogP contribution in [0.15, 0.2) is 0 Å². The highest BCUT2D eigenvalue weighted by Crippen LogP contribution is 2.39. The molecular weight excluding hydrogens is 371 g/mol. The monoisotopic (exact) mass is 392 g/mol. The van der Waals surface area contributed by atoms with E-state index in [0.29, 0.717) is 0 Å². The summed E-state index contributed by atoms with van der Waals surface area (Å²) in [4.78, 5) is 21.6. The minimum absolute atomic E-state index is 0.236. The van der Waals surface area contributed by atoms with Crippen molar-refractivity contribution in [2.45, 2.75) is 57.6 Å². The molecule has 0 bridgehead atoms. The quantitative estimate of drug-likeness (QED) is 0.455. The second kappa shape index (κ2) is 9.93. The minimum atomic E-state index is -4.74. The molecule has 0 radical (unpaired) electrons. The average molecular weight is 392 g/mol. The standard InChI is InChI=1S/C11H18F6NO.H3O4P/c1-4-19-9(5-10(12,13)14,6-11(15,16)17)7-18-8(2)3;1-5(2,3)4/h8H,4-7H2,1-3H3;(H3,1,2,3,4)/q-1;. The van der Waals surface area contributed by atoms with Crippen LogP contribution >= 0.6 is 7.82 Å². The first-order valence-electron chi connectivity index (χ1n) is 6.61. The summed E-state index contributed by atoms with van der Waals surface area (Å²) in [5.74, 6) is 0. The normalized spacial score (nSPS) is 13.7. The van der Waals surface area contributed by atoms with Crippen molar-refractivity contribution in [2.24, 2.45) is 0 Å². The number of phosphoric acid groups is 1. The maximum atomic E-state index is 12.5. The minimum Gasteiger partial charge on any atom is -0.658 e. The van der Waals surface area contributed by atoms with Gasteiger partial charge in [0.15, 0.2) is 0 Å². The summed E-state index contributed by atoms with van der Waals surface area (Å²) in [5, 5.41) is 3.76. The molecule has 3 N–H and O–H groups in total. The second-order valence-electron chi connectivity index (χ2n) is 5.15. The van der Waals surface area contributed by atoms with Crippen molar-refractivity contribution in [3.05, 3.63) is 5.32 Å². The lowest BCUT2D eigenvalue weighted by Crippen LogP contribution is -2.45. The highest BCUT2D eigenvalue weighted by Gasteiger charge is 2.47. The van der Waals surface area contributed by atoms with E-state index >= 15 is 0 Å². The zero-order valence-corrected chi connectivity index (χ0v) is 14.1. The summed E-state index contributed by atoms with van der Waals surface area (Å²) in [7, 11) is -4.64. The van der Waals surface area contributed by atoms with Crippen LogP contribution in [0, 0.1) is 0 Å². The van der Waals surface area contributed by atoms with E-state index in [2.05, 4.69) is 5.32 Å². The highest BCUT2D eigenvalue weighted by atomic mass is 31.2. The van der Waals surface area contributed by atoms with Crippen molar-refractivity contribution < 1.29 is 50.3 Å². The number of ether oxygens (including phenoxy) is 1. The maximum absolute atomic E-state index is 12.5. The number of hydrogen-bond acceptors (Lipinski definition) is 2. The topological polar surface area (TPSA) is 101 Å². The second-order valence-corrected chi connectivity index (χ2v) is 6.17. The van der Waals surface area contributed by atoms with Crippen LogP contribution in [0.1, 0.15) is 33.6 Å². The van der Waals surface area contributed by atoms with Crippen molar-refractivity contribution in [3.63, 3.8) is 0 Å². The lowest BCUT2D eigenvalue weighted by Gasteiger charge is -2.42. The lowest BCUT2D eigenvalue weighted by molar-refractivity contribution is -0.225. The first-order chi connectivity index (χ1) is 10.4. The van der Waals surface area contributed by atoms with Gasteiger partial charge in [-0.25, -0.2) is 4.57 Å². The van der Waals surface area contributed by atoms with Gasteiger partial charge in [-0.2, -0.15) is 26.3 Å². The van der Waals surface area contributed by atoms with Crippen LogP contribution in [-0.4, -0.2) is 51.8 Å². The predicted octanol–water partition coefficient (Wildman–Crippen LogP) is 3.52. The van der Waals surface area contributed by atoms with Crippen LogP contribution < -0.4 is 0 Å². The SMILES string of the molecule is CCOC(C[N-]C(C)C)(CC(F)(F)F)CC(F)(F)F.O=P(O)(O)O. The summed E-state index contributed by atoms with van der Waals surface area (Å²) in [6.45, 7) is 3.66. The average Bonchev–Trinajstić information content (AvgIpc) is 2.19. The summed E-state index contributed by atoms with van der Waals surface area (Å²) >= 11 is 0. The molecule has 0 atom stereocenters. The Morgan fingerprint density at radius 3 is 1.54 bits per heavy atom. The lowest BCUT2D eigenvalue weighted by atomic mass is 9.93. The van der Waals surface area contributed by atoms with E-state index in [9.17, 15) is 26.3 Å². The molecule has 0 saturated carbocycles. The summed E-state index contributed by atoms with van der Waals surface area (Å²) < 4.78 is 88.6. The first-order valence-corrected chi connectivity index (χ1v) is 8.18. The van der Waals surface area contributed by atoms with E-state index in [-0.39, 0.29) is 12.6 Å². The Morgan fingerprint density at radius 2 is 1.33 bits per heavy atom. The van der Waals surface area contributed by atoms with E-state index in [0.717, 1.165) is 0 Å². The fourth-order valence-electron chi connectivity index (χ4n) is 1.71. The van der Waals surface area contributed by atoms with Crippen molar-refractivity contribution in [1.29, 1.82) is 0 Å². The Morgan fingerprint density at radius 1 is 1.00 bits per heavy atom. The third-order valence-corrected chi connectivity index (χ3v) is 2.24. The fraction of sp³-hybridized carbons (Fsp3) is 1.00. The third kappa shape index (κ3) is 19.7. The molecule has 0 saturated heterocycles. The van der Waals surface area contributed by atoms with E-state index in [1.807, 2.05) is 0 Å². The molecule has 0 amide bonds. The molecule has 0 aromatic rings. The predicted molar refractivity (Wildman–Crippen MR) is 73.3 cm³/mol. The van der Waals surface area contributed by atoms with Crippen LogP contribution in [-0.2, 0) is 9.30 Å². The Bertz CT molecular complexity index is 371. The van der Waals surface area contributed by atoms with Crippen LogP contribution in [0.5, 0.6) is 0 Å². The number of rotatable bonds is 7. The fourth-order valence-corrected chi connectivity index (χ4v) is 1.71. The summed E-state index contributed by atoms with van der Waals surface area (Å²) in [6, 6.07) is -0.360. The number of hydrogen-bond donors (Lipinski definition) is 3. The molecule has 0 spiro atoms. The highest BCUT2D eigenvalue weighted by molar-refractivity contribution is 7.45. The Kier molecular flexibility index (Phi) is 10.7. The number of halogens is 6. The molecule has 0 rings (SSSR count). The molecule has 0 heterocycles. The molecule has 0 fully saturated rings. The van der Waals surface area contributed by atoms with Gasteiger partial charge in [0.25, 0.3) is 0 Å². The van der Waals surface area contributed by atoms with E-state index in [1.54, 1.807) is 13.8 Å². The molecule has 0 aliphatic heterocycles. The van der Waals surface area contributed by atoms with Gasteiger partial charge in [-0.1, -0.05) is 13.8 Å². The smallest absolute Gasteiger partial charge is 0.466 e. The van der Waals surface area contributed by atoms with Crippen LogP contribution in [0.25, 0.3) is 5.32 Å². The number of nitrogens with zero attached hydrogens (tertiary/aromatic N) is 1. The molecule has 0 aromatic heterocycles. The molecule has 148 valence electrons. The molecule has 0 aliphatic rings. The largest absolute Gasteiger partial charge is 0.658 e. The zero-order chi connectivity index (χ0) is 19.8. The Labute approximate surface area is 135 Å². The van der Waals surface area contributed by atoms with Crippen LogP contribution in [0.3, 0.4) is 0 Å². The van der Waals surface area contributed by atoms with Gasteiger partial charge in [-0.3, -0.25) is 0 Å². The molecule has 0 aliphatic carbocycles. The van der Waals surface area contributed by atoms with Gasteiger partial charge in [-0.05, 0) is 6.92 Å². The molecule has 6 nitrogen and oxygen atoms in total. The van der Waals surface area contributed by atoms with Crippen LogP contribution in [0.2, 0.25) is 0 Å². The van der Waals surface area contributed by atoms with Crippen molar-refractivity contribution in [1.82, 2.24) is 0 Å². The van der Waals surface area contributed by atoms with E-state index < -0.39 is 45.2 Å². The van der Waals surface area contributed by atoms with Crippen molar-refractivity contribution in [2.75, 3.05) is 13.2 Å². The molecule has 0 unspecified atom stereocenters. The zero-order valence-electron chi connectivity index (χ0n) is 13.2. The molecular formula is C11H21F6NO5P-. The van der Waals surface area contributed by atoms with E-state index in [4.69, 9.17) is 24.0 Å². The molecule has 24 heavy (non-hydrogen) atoms. The summed E-state index contributed by atoms with van der Waals surface area (Å²) in [6.07, 6.45) is -12.8. The Hall–Kier alpha value is -0.390. The molecule has 13 heteroatoms. The Balaban J connectivity index is 0. The number of alkyl halides is 6. The van der Waals surface area contributed by atoms with E-state index in [1.165, 1.54) is 6.92 Å². The van der Waals surface area contributed by atoms with Gasteiger partial charge >= 0.3 is 20.2 Å². The van der Waals surface area contributed by atoms with Gasteiger partial charge in [-0.15, -0.1) is 12.6 Å². The van der Waals surface area contributed by atoms with Crippen molar-refractivity contribution in [3.8, 4) is 0 Å². The maximum Gasteiger partial charge on any atom is 0.466 e.